The van der Waals surface area contributed by atoms with Crippen molar-refractivity contribution in [1.82, 2.24) is 14.8 Å². The largest absolute Gasteiger partial charge is 0.370 e. The second-order valence-corrected chi connectivity index (χ2v) is 5.88. The van der Waals surface area contributed by atoms with Gasteiger partial charge in [-0.05, 0) is 25.0 Å². The van der Waals surface area contributed by atoms with E-state index in [0.29, 0.717) is 13.0 Å². The van der Waals surface area contributed by atoms with Crippen LogP contribution in [0.4, 0.5) is 11.4 Å². The van der Waals surface area contributed by atoms with Crippen LogP contribution >= 0.6 is 0 Å². The summed E-state index contributed by atoms with van der Waals surface area (Å²) in [6.07, 6.45) is 8.51. The van der Waals surface area contributed by atoms with E-state index in [-0.39, 0.29) is 5.91 Å². The molecule has 23 heavy (non-hydrogen) atoms. The van der Waals surface area contributed by atoms with Gasteiger partial charge in [0.25, 0.3) is 0 Å². The van der Waals surface area contributed by atoms with Gasteiger partial charge in [-0.15, -0.1) is 0 Å². The molecule has 0 aliphatic carbocycles. The molecule has 0 unspecified atom stereocenters. The summed E-state index contributed by atoms with van der Waals surface area (Å²) in [4.78, 5) is 18.5. The molecule has 0 bridgehead atoms. The molecule has 1 amide bonds. The van der Waals surface area contributed by atoms with Crippen LogP contribution in [0.5, 0.6) is 0 Å². The van der Waals surface area contributed by atoms with Crippen molar-refractivity contribution in [2.75, 3.05) is 23.3 Å². The summed E-state index contributed by atoms with van der Waals surface area (Å²) in [6.45, 7) is 2.66. The molecule has 6 heteroatoms. The molecular weight excluding hydrogens is 290 g/mol. The van der Waals surface area contributed by atoms with E-state index in [9.17, 15) is 4.79 Å². The topological polar surface area (TPSA) is 63.1 Å². The van der Waals surface area contributed by atoms with Gasteiger partial charge in [0.05, 0.1) is 17.9 Å². The normalized spacial score (nSPS) is 15.2. The van der Waals surface area contributed by atoms with E-state index in [1.54, 1.807) is 11.0 Å². The number of hydrogen-bond acceptors (Lipinski definition) is 4. The first-order valence-electron chi connectivity index (χ1n) is 8.29. The van der Waals surface area contributed by atoms with Gasteiger partial charge in [0.1, 0.15) is 12.7 Å². The van der Waals surface area contributed by atoms with Crippen molar-refractivity contribution in [2.45, 2.75) is 38.6 Å². The Bertz CT molecular complexity index is 618. The summed E-state index contributed by atoms with van der Waals surface area (Å²) in [5.41, 5.74) is 2.03. The fourth-order valence-electron chi connectivity index (χ4n) is 2.94. The van der Waals surface area contributed by atoms with Gasteiger partial charge in [0.15, 0.2) is 0 Å². The summed E-state index contributed by atoms with van der Waals surface area (Å²) < 4.78 is 1.67. The standard InChI is InChI=1S/C17H23N5O/c23-17(9-12-22-14-18-13-19-22)20-15-7-3-4-8-16(15)21-10-5-1-2-6-11-21/h3-4,7-8,13-14H,1-2,5-6,9-12H2,(H,20,23). The van der Waals surface area contributed by atoms with E-state index in [1.807, 2.05) is 18.2 Å². The Morgan fingerprint density at radius 3 is 2.65 bits per heavy atom. The van der Waals surface area contributed by atoms with Crippen molar-refractivity contribution in [3.63, 3.8) is 0 Å². The van der Waals surface area contributed by atoms with Crippen molar-refractivity contribution in [1.29, 1.82) is 0 Å². The highest BCUT2D eigenvalue weighted by atomic mass is 16.1. The highest BCUT2D eigenvalue weighted by Gasteiger charge is 2.14. The molecule has 1 aromatic heterocycles. The van der Waals surface area contributed by atoms with Crippen LogP contribution in [0.15, 0.2) is 36.9 Å². The van der Waals surface area contributed by atoms with Crippen molar-refractivity contribution in [3.05, 3.63) is 36.9 Å². The Morgan fingerprint density at radius 1 is 1.13 bits per heavy atom. The van der Waals surface area contributed by atoms with Gasteiger partial charge in [-0.1, -0.05) is 25.0 Å². The minimum absolute atomic E-state index is 0.00257. The van der Waals surface area contributed by atoms with Gasteiger partial charge in [0, 0.05) is 19.5 Å². The maximum atomic E-state index is 12.2. The fraction of sp³-hybridized carbons (Fsp3) is 0.471. The first-order chi connectivity index (χ1) is 11.3. The Balaban J connectivity index is 1.63. The van der Waals surface area contributed by atoms with Gasteiger partial charge in [0.2, 0.25) is 5.91 Å². The predicted molar refractivity (Wildman–Crippen MR) is 90.4 cm³/mol. The number of benzene rings is 1. The molecule has 122 valence electrons. The van der Waals surface area contributed by atoms with Gasteiger partial charge in [-0.3, -0.25) is 9.48 Å². The smallest absolute Gasteiger partial charge is 0.226 e. The van der Waals surface area contributed by atoms with Crippen LogP contribution in [-0.4, -0.2) is 33.8 Å². The predicted octanol–water partition coefficient (Wildman–Crippen LogP) is 2.69. The van der Waals surface area contributed by atoms with Crippen molar-refractivity contribution in [3.8, 4) is 0 Å². The van der Waals surface area contributed by atoms with Crippen LogP contribution in [0.3, 0.4) is 0 Å². The van der Waals surface area contributed by atoms with Gasteiger partial charge >= 0.3 is 0 Å². The number of nitrogens with zero attached hydrogens (tertiary/aromatic N) is 4. The van der Waals surface area contributed by atoms with Crippen LogP contribution in [0, 0.1) is 0 Å². The van der Waals surface area contributed by atoms with E-state index in [1.165, 1.54) is 32.0 Å². The average molecular weight is 313 g/mol. The molecule has 2 aromatic rings. The lowest BCUT2D eigenvalue weighted by Gasteiger charge is -2.25. The van der Waals surface area contributed by atoms with E-state index in [2.05, 4.69) is 26.4 Å². The van der Waals surface area contributed by atoms with Crippen molar-refractivity contribution in [2.24, 2.45) is 0 Å². The van der Waals surface area contributed by atoms with Gasteiger partial charge < -0.3 is 10.2 Å². The van der Waals surface area contributed by atoms with Crippen LogP contribution in [-0.2, 0) is 11.3 Å². The number of anilines is 2. The molecule has 1 N–H and O–H groups in total. The monoisotopic (exact) mass is 313 g/mol. The second kappa shape index (κ2) is 7.76. The lowest BCUT2D eigenvalue weighted by Crippen LogP contribution is -2.25. The molecule has 2 heterocycles. The zero-order valence-electron chi connectivity index (χ0n) is 13.3. The molecule has 1 aromatic carbocycles. The number of aryl methyl sites for hydroxylation is 1. The number of carbonyl (C=O) groups excluding carboxylic acids is 1. The van der Waals surface area contributed by atoms with Crippen LogP contribution in [0.25, 0.3) is 0 Å². The van der Waals surface area contributed by atoms with E-state index in [0.717, 1.165) is 24.5 Å². The van der Waals surface area contributed by atoms with E-state index >= 15 is 0 Å². The van der Waals surface area contributed by atoms with Gasteiger partial charge in [-0.2, -0.15) is 5.10 Å². The molecule has 1 aliphatic rings. The maximum absolute atomic E-state index is 12.2. The highest BCUT2D eigenvalue weighted by Crippen LogP contribution is 2.28. The molecule has 3 rings (SSSR count). The Kier molecular flexibility index (Phi) is 5.24. The lowest BCUT2D eigenvalue weighted by molar-refractivity contribution is -0.116. The molecule has 0 saturated carbocycles. The molecular formula is C17H23N5O. The summed E-state index contributed by atoms with van der Waals surface area (Å²) in [5, 5.41) is 7.06. The van der Waals surface area contributed by atoms with Crippen molar-refractivity contribution < 1.29 is 4.79 Å². The first kappa shape index (κ1) is 15.5. The summed E-state index contributed by atoms with van der Waals surface area (Å²) in [5.74, 6) is 0.00257. The zero-order valence-corrected chi connectivity index (χ0v) is 13.3. The quantitative estimate of drug-likeness (QED) is 0.922. The number of nitrogens with one attached hydrogen (secondary N) is 1. The third-order valence-electron chi connectivity index (χ3n) is 4.16. The minimum Gasteiger partial charge on any atom is -0.370 e. The van der Waals surface area contributed by atoms with Crippen LogP contribution in [0.1, 0.15) is 32.1 Å². The number of carbonyl (C=O) groups is 1. The third-order valence-corrected chi connectivity index (χ3v) is 4.16. The third kappa shape index (κ3) is 4.31. The molecule has 1 aliphatic heterocycles. The summed E-state index contributed by atoms with van der Waals surface area (Å²) >= 11 is 0. The minimum atomic E-state index is 0.00257. The number of para-hydroxylation sites is 2. The number of rotatable bonds is 5. The van der Waals surface area contributed by atoms with E-state index < -0.39 is 0 Å². The highest BCUT2D eigenvalue weighted by molar-refractivity contribution is 5.94. The Morgan fingerprint density at radius 2 is 1.91 bits per heavy atom. The van der Waals surface area contributed by atoms with Crippen LogP contribution < -0.4 is 10.2 Å². The van der Waals surface area contributed by atoms with E-state index in [4.69, 9.17) is 0 Å². The van der Waals surface area contributed by atoms with Crippen molar-refractivity contribution >= 4 is 17.3 Å². The zero-order chi connectivity index (χ0) is 15.9. The fourth-order valence-corrected chi connectivity index (χ4v) is 2.94. The lowest BCUT2D eigenvalue weighted by atomic mass is 10.2. The SMILES string of the molecule is O=C(CCn1cncn1)Nc1ccccc1N1CCCCCC1. The first-order valence-corrected chi connectivity index (χ1v) is 8.29. The van der Waals surface area contributed by atoms with Gasteiger partial charge in [-0.25, -0.2) is 4.98 Å². The molecule has 0 spiro atoms. The number of hydrogen-bond donors (Lipinski definition) is 1. The summed E-state index contributed by atoms with van der Waals surface area (Å²) in [6, 6.07) is 8.07. The second-order valence-electron chi connectivity index (χ2n) is 5.88. The van der Waals surface area contributed by atoms with Crippen LogP contribution in [0.2, 0.25) is 0 Å². The average Bonchev–Trinajstić information content (AvgIpc) is 2.95. The molecule has 1 fully saturated rings. The molecule has 1 saturated heterocycles. The maximum Gasteiger partial charge on any atom is 0.226 e. The molecule has 6 nitrogen and oxygen atoms in total. The summed E-state index contributed by atoms with van der Waals surface area (Å²) in [7, 11) is 0. The number of amides is 1. The molecule has 0 radical (unpaired) electrons. The Labute approximate surface area is 136 Å². The Hall–Kier alpha value is -2.37. The molecule has 0 atom stereocenters. The number of aromatic nitrogens is 3.